The molecule has 0 N–H and O–H groups in total. The molecule has 0 saturated heterocycles. The fourth-order valence-corrected chi connectivity index (χ4v) is 1.44. The summed E-state index contributed by atoms with van der Waals surface area (Å²) in [5, 5.41) is 2.11. The van der Waals surface area contributed by atoms with E-state index in [1.165, 1.54) is 4.88 Å². The highest BCUT2D eigenvalue weighted by atomic mass is 32.1. The summed E-state index contributed by atoms with van der Waals surface area (Å²) in [6.07, 6.45) is 1.11. The Kier molecular flexibility index (Phi) is 3.70. The SMILES string of the molecule is CCc1cccccccs1. The molecule has 0 aliphatic rings. The molecule has 0 bridgehead atoms. The molecule has 0 atom stereocenters. The van der Waals surface area contributed by atoms with Crippen LogP contribution in [0.3, 0.4) is 0 Å². The number of rotatable bonds is 1. The molecule has 0 radical (unpaired) electrons. The van der Waals surface area contributed by atoms with Crippen molar-refractivity contribution in [1.29, 1.82) is 0 Å². The van der Waals surface area contributed by atoms with Crippen molar-refractivity contribution in [2.45, 2.75) is 13.3 Å². The third-order valence-corrected chi connectivity index (χ3v) is 2.39. The molecule has 0 aromatic carbocycles. The minimum absolute atomic E-state index is 1.11. The van der Waals surface area contributed by atoms with Crippen LogP contribution < -0.4 is 0 Å². The third kappa shape index (κ3) is 3.19. The van der Waals surface area contributed by atoms with Crippen molar-refractivity contribution in [3.8, 4) is 0 Å². The molecule has 0 spiro atoms. The van der Waals surface area contributed by atoms with E-state index in [1.807, 2.05) is 18.2 Å². The van der Waals surface area contributed by atoms with Crippen molar-refractivity contribution >= 4 is 11.3 Å². The van der Waals surface area contributed by atoms with Gasteiger partial charge in [0.05, 0.1) is 0 Å². The fraction of sp³-hybridized carbons (Fsp3) is 0.200. The fourth-order valence-electron chi connectivity index (χ4n) is 0.768. The van der Waals surface area contributed by atoms with Crippen LogP contribution in [0.2, 0.25) is 0 Å². The van der Waals surface area contributed by atoms with Gasteiger partial charge >= 0.3 is 0 Å². The normalized spacial score (nSPS) is 8.82. The van der Waals surface area contributed by atoms with E-state index in [0.717, 1.165) is 6.42 Å². The van der Waals surface area contributed by atoms with Gasteiger partial charge in [0, 0.05) is 4.88 Å². The molecule has 1 heterocycles. The van der Waals surface area contributed by atoms with E-state index in [4.69, 9.17) is 0 Å². The molecular formula is C10H12S. The molecule has 0 aliphatic heterocycles. The molecule has 0 saturated carbocycles. The van der Waals surface area contributed by atoms with Crippen LogP contribution in [0.25, 0.3) is 0 Å². The van der Waals surface area contributed by atoms with E-state index in [-0.39, 0.29) is 0 Å². The molecule has 0 nitrogen and oxygen atoms in total. The lowest BCUT2D eigenvalue weighted by molar-refractivity contribution is 1.18. The van der Waals surface area contributed by atoms with Gasteiger partial charge in [-0.3, -0.25) is 0 Å². The van der Waals surface area contributed by atoms with E-state index in [2.05, 4.69) is 30.5 Å². The van der Waals surface area contributed by atoms with Gasteiger partial charge in [0.1, 0.15) is 0 Å². The largest absolute Gasteiger partial charge is 0.149 e. The number of aryl methyl sites for hydroxylation is 1. The van der Waals surface area contributed by atoms with E-state index in [9.17, 15) is 0 Å². The summed E-state index contributed by atoms with van der Waals surface area (Å²) in [6, 6.07) is 12.4. The Morgan fingerprint density at radius 2 is 1.82 bits per heavy atom. The summed E-state index contributed by atoms with van der Waals surface area (Å²) < 4.78 is 0. The van der Waals surface area contributed by atoms with Crippen molar-refractivity contribution in [2.75, 3.05) is 0 Å². The van der Waals surface area contributed by atoms with Gasteiger partial charge in [0.15, 0.2) is 0 Å². The zero-order valence-electron chi connectivity index (χ0n) is 6.66. The van der Waals surface area contributed by atoms with Gasteiger partial charge in [-0.15, -0.1) is 11.3 Å². The van der Waals surface area contributed by atoms with E-state index in [1.54, 1.807) is 11.3 Å². The monoisotopic (exact) mass is 164 g/mol. The molecule has 1 rings (SSSR count). The number of hydrogen-bond donors (Lipinski definition) is 0. The summed E-state index contributed by atoms with van der Waals surface area (Å²) in [7, 11) is 0. The topological polar surface area (TPSA) is 0 Å². The molecule has 1 aromatic heterocycles. The van der Waals surface area contributed by atoms with Crippen molar-refractivity contribution in [3.63, 3.8) is 0 Å². The summed E-state index contributed by atoms with van der Waals surface area (Å²) >= 11 is 1.79. The second-order valence-electron chi connectivity index (χ2n) is 2.20. The predicted molar refractivity (Wildman–Crippen MR) is 51.3 cm³/mol. The summed E-state index contributed by atoms with van der Waals surface area (Å²) in [5.74, 6) is 0. The second-order valence-corrected chi connectivity index (χ2v) is 3.23. The second kappa shape index (κ2) is 4.91. The Balaban J connectivity index is 3.07. The minimum Gasteiger partial charge on any atom is -0.149 e. The van der Waals surface area contributed by atoms with Gasteiger partial charge in [-0.25, -0.2) is 0 Å². The predicted octanol–water partition coefficient (Wildman–Crippen LogP) is 3.43. The Morgan fingerprint density at radius 3 is 2.64 bits per heavy atom. The van der Waals surface area contributed by atoms with Crippen LogP contribution in [-0.4, -0.2) is 0 Å². The van der Waals surface area contributed by atoms with Crippen molar-refractivity contribution < 1.29 is 0 Å². The highest BCUT2D eigenvalue weighted by molar-refractivity contribution is 7.09. The highest BCUT2D eigenvalue weighted by Gasteiger charge is 1.79. The first-order chi connectivity index (χ1) is 5.43. The van der Waals surface area contributed by atoms with Gasteiger partial charge in [0.25, 0.3) is 0 Å². The first kappa shape index (κ1) is 8.28. The van der Waals surface area contributed by atoms with Gasteiger partial charge in [-0.05, 0) is 17.9 Å². The summed E-state index contributed by atoms with van der Waals surface area (Å²) in [6.45, 7) is 2.17. The van der Waals surface area contributed by atoms with E-state index < -0.39 is 0 Å². The van der Waals surface area contributed by atoms with Crippen LogP contribution >= 0.6 is 11.3 Å². The average molecular weight is 164 g/mol. The average Bonchev–Trinajstić information content (AvgIpc) is 2.16. The maximum absolute atomic E-state index is 2.17. The Labute approximate surface area is 71.8 Å². The van der Waals surface area contributed by atoms with Crippen LogP contribution in [0, 0.1) is 0 Å². The molecule has 11 heavy (non-hydrogen) atoms. The van der Waals surface area contributed by atoms with Gasteiger partial charge in [0.2, 0.25) is 0 Å². The smallest absolute Gasteiger partial charge is 0.00421 e. The quantitative estimate of drug-likeness (QED) is 0.596. The van der Waals surface area contributed by atoms with Crippen molar-refractivity contribution in [2.24, 2.45) is 0 Å². The zero-order chi connectivity index (χ0) is 7.94. The molecule has 58 valence electrons. The molecule has 0 aliphatic carbocycles. The maximum Gasteiger partial charge on any atom is 0.00421 e. The Bertz CT molecular complexity index is 225. The van der Waals surface area contributed by atoms with Gasteiger partial charge < -0.3 is 0 Å². The number of hydrogen-bond acceptors (Lipinski definition) is 1. The molecule has 0 unspecified atom stereocenters. The lowest BCUT2D eigenvalue weighted by atomic mass is 10.4. The van der Waals surface area contributed by atoms with Crippen LogP contribution in [0.4, 0.5) is 0 Å². The van der Waals surface area contributed by atoms with Crippen molar-refractivity contribution in [3.05, 3.63) is 46.7 Å². The Morgan fingerprint density at radius 1 is 1.09 bits per heavy atom. The zero-order valence-corrected chi connectivity index (χ0v) is 7.47. The lowest BCUT2D eigenvalue weighted by Gasteiger charge is -1.84. The molecule has 0 fully saturated rings. The van der Waals surface area contributed by atoms with Crippen LogP contribution in [-0.2, 0) is 6.42 Å². The summed E-state index contributed by atoms with van der Waals surface area (Å²) in [5.41, 5.74) is 0. The maximum atomic E-state index is 2.17. The van der Waals surface area contributed by atoms with Crippen molar-refractivity contribution in [1.82, 2.24) is 0 Å². The van der Waals surface area contributed by atoms with Gasteiger partial charge in [-0.1, -0.05) is 37.3 Å². The lowest BCUT2D eigenvalue weighted by Crippen LogP contribution is -1.67. The van der Waals surface area contributed by atoms with Crippen LogP contribution in [0.5, 0.6) is 0 Å². The van der Waals surface area contributed by atoms with E-state index >= 15 is 0 Å². The third-order valence-electron chi connectivity index (χ3n) is 1.37. The molecule has 1 heteroatoms. The Hall–Kier alpha value is -0.820. The first-order valence-electron chi connectivity index (χ1n) is 3.79. The van der Waals surface area contributed by atoms with Crippen LogP contribution in [0.1, 0.15) is 11.8 Å². The minimum atomic E-state index is 1.11. The molecule has 0 amide bonds. The standard InChI is InChI=1S/C10H12S/c1-2-10-8-6-4-3-5-7-9-11-10/h3-9H,2H2,1H3. The van der Waals surface area contributed by atoms with Gasteiger partial charge in [-0.2, -0.15) is 0 Å². The highest BCUT2D eigenvalue weighted by Crippen LogP contribution is 2.03. The first-order valence-corrected chi connectivity index (χ1v) is 4.67. The molecule has 1 aromatic rings. The summed E-state index contributed by atoms with van der Waals surface area (Å²) in [4.78, 5) is 1.40. The molecular weight excluding hydrogens is 152 g/mol. The van der Waals surface area contributed by atoms with E-state index in [0.29, 0.717) is 0 Å². The van der Waals surface area contributed by atoms with Crippen LogP contribution in [0.15, 0.2) is 41.8 Å².